The first-order chi connectivity index (χ1) is 6.61. The SMILES string of the molecule is Cc1c(N)cncc1[C@H]1C[C@@H]1C(=O)O. The molecule has 14 heavy (non-hydrogen) atoms. The molecule has 2 rings (SSSR count). The Hall–Kier alpha value is -1.58. The van der Waals surface area contributed by atoms with E-state index in [9.17, 15) is 4.79 Å². The highest BCUT2D eigenvalue weighted by Crippen LogP contribution is 2.48. The molecular formula is C10H12N2O2. The molecule has 1 fully saturated rings. The molecule has 74 valence electrons. The predicted octanol–water partition coefficient (Wildman–Crippen LogP) is 1.16. The van der Waals surface area contributed by atoms with Crippen LogP contribution in [0.5, 0.6) is 0 Å². The standard InChI is InChI=1S/C10H12N2O2/c1-5-8(3-12-4-9(5)11)6-2-7(6)10(13)14/h3-4,6-7H,2,11H2,1H3,(H,13,14)/t6-,7-/m0/s1. The number of anilines is 1. The van der Waals surface area contributed by atoms with E-state index in [1.165, 1.54) is 0 Å². The van der Waals surface area contributed by atoms with Gasteiger partial charge in [-0.25, -0.2) is 0 Å². The molecule has 3 N–H and O–H groups in total. The number of aliphatic carboxylic acids is 1. The minimum Gasteiger partial charge on any atom is -0.481 e. The monoisotopic (exact) mass is 192 g/mol. The second kappa shape index (κ2) is 2.97. The van der Waals surface area contributed by atoms with Crippen LogP contribution in [0.3, 0.4) is 0 Å². The summed E-state index contributed by atoms with van der Waals surface area (Å²) in [5, 5.41) is 8.79. The largest absolute Gasteiger partial charge is 0.481 e. The molecular weight excluding hydrogens is 180 g/mol. The van der Waals surface area contributed by atoms with Gasteiger partial charge in [0.15, 0.2) is 0 Å². The third kappa shape index (κ3) is 1.32. The molecule has 1 aliphatic carbocycles. The van der Waals surface area contributed by atoms with E-state index in [4.69, 9.17) is 10.8 Å². The van der Waals surface area contributed by atoms with Gasteiger partial charge in [-0.1, -0.05) is 0 Å². The molecule has 0 aliphatic heterocycles. The van der Waals surface area contributed by atoms with E-state index in [0.29, 0.717) is 12.1 Å². The summed E-state index contributed by atoms with van der Waals surface area (Å²) in [6, 6.07) is 0. The molecule has 4 heteroatoms. The summed E-state index contributed by atoms with van der Waals surface area (Å²) in [6.07, 6.45) is 4.03. The highest BCUT2D eigenvalue weighted by molar-refractivity contribution is 5.75. The first-order valence-corrected chi connectivity index (χ1v) is 4.54. The Kier molecular flexibility index (Phi) is 1.91. The molecule has 0 saturated heterocycles. The van der Waals surface area contributed by atoms with Crippen LogP contribution in [0.25, 0.3) is 0 Å². The van der Waals surface area contributed by atoms with Crippen molar-refractivity contribution in [1.29, 1.82) is 0 Å². The molecule has 0 unspecified atom stereocenters. The fourth-order valence-electron chi connectivity index (χ4n) is 1.74. The number of hydrogen-bond donors (Lipinski definition) is 2. The summed E-state index contributed by atoms with van der Waals surface area (Å²) >= 11 is 0. The Morgan fingerprint density at radius 3 is 2.93 bits per heavy atom. The van der Waals surface area contributed by atoms with Gasteiger partial charge in [-0.15, -0.1) is 0 Å². The second-order valence-electron chi connectivity index (χ2n) is 3.73. The van der Waals surface area contributed by atoms with Gasteiger partial charge >= 0.3 is 5.97 Å². The van der Waals surface area contributed by atoms with Crippen molar-refractivity contribution >= 4 is 11.7 Å². The van der Waals surface area contributed by atoms with Gasteiger partial charge in [-0.05, 0) is 30.4 Å². The van der Waals surface area contributed by atoms with Crippen molar-refractivity contribution in [1.82, 2.24) is 4.98 Å². The van der Waals surface area contributed by atoms with Crippen LogP contribution in [0.15, 0.2) is 12.4 Å². The number of rotatable bonds is 2. The number of carboxylic acid groups (broad SMARTS) is 1. The summed E-state index contributed by atoms with van der Waals surface area (Å²) in [6.45, 7) is 1.91. The molecule has 1 aromatic heterocycles. The molecule has 0 amide bonds. The summed E-state index contributed by atoms with van der Waals surface area (Å²) in [5.74, 6) is -0.849. The number of aromatic nitrogens is 1. The number of carboxylic acids is 1. The Morgan fingerprint density at radius 1 is 1.64 bits per heavy atom. The third-order valence-electron chi connectivity index (χ3n) is 2.80. The van der Waals surface area contributed by atoms with Gasteiger partial charge in [0.2, 0.25) is 0 Å². The normalized spacial score (nSPS) is 24.6. The van der Waals surface area contributed by atoms with Crippen LogP contribution >= 0.6 is 0 Å². The van der Waals surface area contributed by atoms with E-state index < -0.39 is 5.97 Å². The number of pyridine rings is 1. The molecule has 0 spiro atoms. The lowest BCUT2D eigenvalue weighted by Crippen LogP contribution is -2.01. The topological polar surface area (TPSA) is 76.2 Å². The number of nitrogens with zero attached hydrogens (tertiary/aromatic N) is 1. The predicted molar refractivity (Wildman–Crippen MR) is 51.9 cm³/mol. The lowest BCUT2D eigenvalue weighted by molar-refractivity contribution is -0.138. The van der Waals surface area contributed by atoms with E-state index in [-0.39, 0.29) is 11.8 Å². The first-order valence-electron chi connectivity index (χ1n) is 4.54. The average Bonchev–Trinajstić information content (AvgIpc) is 2.89. The van der Waals surface area contributed by atoms with Crippen molar-refractivity contribution in [3.8, 4) is 0 Å². The first kappa shape index (κ1) is 8.99. The van der Waals surface area contributed by atoms with Crippen molar-refractivity contribution in [2.75, 3.05) is 5.73 Å². The van der Waals surface area contributed by atoms with E-state index >= 15 is 0 Å². The van der Waals surface area contributed by atoms with Crippen LogP contribution in [0.1, 0.15) is 23.5 Å². The Balaban J connectivity index is 2.27. The highest BCUT2D eigenvalue weighted by atomic mass is 16.4. The highest BCUT2D eigenvalue weighted by Gasteiger charge is 2.45. The van der Waals surface area contributed by atoms with Crippen LogP contribution in [0, 0.1) is 12.8 Å². The van der Waals surface area contributed by atoms with Gasteiger partial charge in [0.05, 0.1) is 17.8 Å². The fourth-order valence-corrected chi connectivity index (χ4v) is 1.74. The second-order valence-corrected chi connectivity index (χ2v) is 3.73. The van der Waals surface area contributed by atoms with E-state index in [0.717, 1.165) is 11.1 Å². The van der Waals surface area contributed by atoms with Gasteiger partial charge in [-0.3, -0.25) is 9.78 Å². The number of hydrogen-bond acceptors (Lipinski definition) is 3. The van der Waals surface area contributed by atoms with Crippen LogP contribution in [0.4, 0.5) is 5.69 Å². The zero-order valence-corrected chi connectivity index (χ0v) is 7.90. The lowest BCUT2D eigenvalue weighted by Gasteiger charge is -2.05. The van der Waals surface area contributed by atoms with Crippen molar-refractivity contribution < 1.29 is 9.90 Å². The quantitative estimate of drug-likeness (QED) is 0.737. The van der Waals surface area contributed by atoms with Crippen LogP contribution < -0.4 is 5.73 Å². The molecule has 1 heterocycles. The summed E-state index contributed by atoms with van der Waals surface area (Å²) in [7, 11) is 0. The van der Waals surface area contributed by atoms with E-state index in [1.54, 1.807) is 12.4 Å². The molecule has 1 saturated carbocycles. The molecule has 0 bridgehead atoms. The van der Waals surface area contributed by atoms with Gasteiger partial charge in [0.25, 0.3) is 0 Å². The Labute approximate surface area is 81.8 Å². The molecule has 1 aliphatic rings. The third-order valence-corrected chi connectivity index (χ3v) is 2.80. The number of nitrogen functional groups attached to an aromatic ring is 1. The maximum atomic E-state index is 10.7. The van der Waals surface area contributed by atoms with Crippen molar-refractivity contribution in [2.45, 2.75) is 19.3 Å². The maximum Gasteiger partial charge on any atom is 0.307 e. The fraction of sp³-hybridized carbons (Fsp3) is 0.400. The summed E-state index contributed by atoms with van der Waals surface area (Å²) < 4.78 is 0. The summed E-state index contributed by atoms with van der Waals surface area (Å²) in [5.41, 5.74) is 8.29. The van der Waals surface area contributed by atoms with Gasteiger partial charge in [-0.2, -0.15) is 0 Å². The zero-order chi connectivity index (χ0) is 10.3. The van der Waals surface area contributed by atoms with Crippen LogP contribution in [0.2, 0.25) is 0 Å². The van der Waals surface area contributed by atoms with Crippen LogP contribution in [-0.4, -0.2) is 16.1 Å². The number of carbonyl (C=O) groups is 1. The molecule has 4 nitrogen and oxygen atoms in total. The summed E-state index contributed by atoms with van der Waals surface area (Å²) in [4.78, 5) is 14.7. The van der Waals surface area contributed by atoms with E-state index in [1.807, 2.05) is 6.92 Å². The van der Waals surface area contributed by atoms with E-state index in [2.05, 4.69) is 4.98 Å². The van der Waals surface area contributed by atoms with Crippen molar-refractivity contribution in [2.24, 2.45) is 5.92 Å². The minimum atomic E-state index is -0.725. The van der Waals surface area contributed by atoms with Gasteiger partial charge in [0.1, 0.15) is 0 Å². The molecule has 0 aromatic carbocycles. The zero-order valence-electron chi connectivity index (χ0n) is 7.90. The van der Waals surface area contributed by atoms with Crippen molar-refractivity contribution in [3.63, 3.8) is 0 Å². The van der Waals surface area contributed by atoms with Gasteiger partial charge in [0, 0.05) is 6.20 Å². The average molecular weight is 192 g/mol. The Morgan fingerprint density at radius 2 is 2.36 bits per heavy atom. The van der Waals surface area contributed by atoms with Crippen LogP contribution in [-0.2, 0) is 4.79 Å². The lowest BCUT2D eigenvalue weighted by atomic mass is 10.0. The number of nitrogens with two attached hydrogens (primary N) is 1. The molecule has 2 atom stereocenters. The Bertz CT molecular complexity index is 390. The molecule has 1 aromatic rings. The van der Waals surface area contributed by atoms with Crippen molar-refractivity contribution in [3.05, 3.63) is 23.5 Å². The smallest absolute Gasteiger partial charge is 0.307 e. The maximum absolute atomic E-state index is 10.7. The minimum absolute atomic E-state index is 0.114. The molecule has 0 radical (unpaired) electrons. The van der Waals surface area contributed by atoms with Gasteiger partial charge < -0.3 is 10.8 Å².